The lowest BCUT2D eigenvalue weighted by molar-refractivity contribution is 0.482. The summed E-state index contributed by atoms with van der Waals surface area (Å²) < 4.78 is 5.89. The lowest BCUT2D eigenvalue weighted by Gasteiger charge is -2.12. The van der Waals surface area contributed by atoms with Crippen LogP contribution in [0.3, 0.4) is 0 Å². The Hall–Kier alpha value is -2.13. The molecular formula is C17H15NOS. The number of thiazole rings is 1. The summed E-state index contributed by atoms with van der Waals surface area (Å²) in [5, 5.41) is 2.08. The van der Waals surface area contributed by atoms with E-state index in [1.165, 1.54) is 16.7 Å². The second-order valence-electron chi connectivity index (χ2n) is 4.72. The SMILES string of the molecule is Cc1cc(Oc2ccccc2)cc(C)c1-c1cscn1. The molecule has 3 heteroatoms. The average Bonchev–Trinajstić information content (AvgIpc) is 2.93. The van der Waals surface area contributed by atoms with Gasteiger partial charge in [-0.25, -0.2) is 4.98 Å². The molecule has 2 aromatic carbocycles. The van der Waals surface area contributed by atoms with Crippen LogP contribution in [0.25, 0.3) is 11.3 Å². The summed E-state index contributed by atoms with van der Waals surface area (Å²) in [6.07, 6.45) is 0. The lowest BCUT2D eigenvalue weighted by Crippen LogP contribution is -1.91. The van der Waals surface area contributed by atoms with Gasteiger partial charge in [0.25, 0.3) is 0 Å². The molecule has 0 N–H and O–H groups in total. The average molecular weight is 281 g/mol. The van der Waals surface area contributed by atoms with Gasteiger partial charge in [0.1, 0.15) is 11.5 Å². The number of hydrogen-bond donors (Lipinski definition) is 0. The molecule has 0 fully saturated rings. The number of nitrogens with zero attached hydrogens (tertiary/aromatic N) is 1. The highest BCUT2D eigenvalue weighted by Gasteiger charge is 2.10. The van der Waals surface area contributed by atoms with E-state index in [0.717, 1.165) is 17.2 Å². The van der Waals surface area contributed by atoms with Crippen molar-refractivity contribution in [3.63, 3.8) is 0 Å². The Bertz CT molecular complexity index is 682. The third-order valence-corrected chi connectivity index (χ3v) is 3.76. The first-order valence-electron chi connectivity index (χ1n) is 6.47. The van der Waals surface area contributed by atoms with Crippen LogP contribution in [0.1, 0.15) is 11.1 Å². The van der Waals surface area contributed by atoms with Crippen molar-refractivity contribution in [2.45, 2.75) is 13.8 Å². The van der Waals surface area contributed by atoms with Crippen molar-refractivity contribution >= 4 is 11.3 Å². The summed E-state index contributed by atoms with van der Waals surface area (Å²) in [5.74, 6) is 1.72. The van der Waals surface area contributed by atoms with Gasteiger partial charge in [-0.05, 0) is 49.2 Å². The van der Waals surface area contributed by atoms with E-state index in [2.05, 4.69) is 36.3 Å². The molecule has 1 heterocycles. The van der Waals surface area contributed by atoms with Gasteiger partial charge in [0, 0.05) is 10.9 Å². The van der Waals surface area contributed by atoms with Crippen molar-refractivity contribution in [2.24, 2.45) is 0 Å². The number of aromatic nitrogens is 1. The van der Waals surface area contributed by atoms with Gasteiger partial charge in [-0.15, -0.1) is 11.3 Å². The van der Waals surface area contributed by atoms with Crippen LogP contribution in [0.4, 0.5) is 0 Å². The number of benzene rings is 2. The first-order chi connectivity index (χ1) is 9.74. The molecule has 100 valence electrons. The molecule has 0 atom stereocenters. The van der Waals surface area contributed by atoms with E-state index in [-0.39, 0.29) is 0 Å². The number of rotatable bonds is 3. The zero-order valence-corrected chi connectivity index (χ0v) is 12.3. The molecule has 0 aliphatic carbocycles. The zero-order valence-electron chi connectivity index (χ0n) is 11.5. The Kier molecular flexibility index (Phi) is 3.52. The minimum atomic E-state index is 0.854. The van der Waals surface area contributed by atoms with Gasteiger partial charge in [-0.1, -0.05) is 18.2 Å². The first kappa shape index (κ1) is 12.9. The molecule has 0 saturated heterocycles. The molecule has 0 aliphatic heterocycles. The van der Waals surface area contributed by atoms with Crippen molar-refractivity contribution in [3.8, 4) is 22.8 Å². The second-order valence-corrected chi connectivity index (χ2v) is 5.44. The molecule has 0 unspecified atom stereocenters. The summed E-state index contributed by atoms with van der Waals surface area (Å²) >= 11 is 1.62. The Morgan fingerprint density at radius 1 is 0.950 bits per heavy atom. The van der Waals surface area contributed by atoms with Gasteiger partial charge < -0.3 is 4.74 Å². The van der Waals surface area contributed by atoms with Gasteiger partial charge in [0.15, 0.2) is 0 Å². The van der Waals surface area contributed by atoms with Crippen molar-refractivity contribution in [1.82, 2.24) is 4.98 Å². The molecule has 0 radical (unpaired) electrons. The van der Waals surface area contributed by atoms with E-state index in [4.69, 9.17) is 4.74 Å². The zero-order chi connectivity index (χ0) is 13.9. The van der Waals surface area contributed by atoms with Gasteiger partial charge in [-0.3, -0.25) is 0 Å². The fourth-order valence-corrected chi connectivity index (χ4v) is 2.89. The Morgan fingerprint density at radius 2 is 1.65 bits per heavy atom. The lowest BCUT2D eigenvalue weighted by atomic mass is 10.0. The Balaban J connectivity index is 1.96. The van der Waals surface area contributed by atoms with Crippen LogP contribution in [-0.4, -0.2) is 4.98 Å². The molecule has 0 aliphatic rings. The van der Waals surface area contributed by atoms with E-state index in [9.17, 15) is 0 Å². The van der Waals surface area contributed by atoms with E-state index in [0.29, 0.717) is 0 Å². The maximum absolute atomic E-state index is 5.89. The summed E-state index contributed by atoms with van der Waals surface area (Å²) in [7, 11) is 0. The van der Waals surface area contributed by atoms with E-state index >= 15 is 0 Å². The van der Waals surface area contributed by atoms with Crippen LogP contribution in [-0.2, 0) is 0 Å². The van der Waals surface area contributed by atoms with E-state index < -0.39 is 0 Å². The smallest absolute Gasteiger partial charge is 0.128 e. The predicted octanol–water partition coefficient (Wildman–Crippen LogP) is 5.22. The van der Waals surface area contributed by atoms with Crippen LogP contribution >= 0.6 is 11.3 Å². The number of aryl methyl sites for hydroxylation is 2. The largest absolute Gasteiger partial charge is 0.457 e. The molecule has 0 amide bonds. The number of para-hydroxylation sites is 1. The molecule has 0 bridgehead atoms. The van der Waals surface area contributed by atoms with Crippen LogP contribution < -0.4 is 4.74 Å². The minimum Gasteiger partial charge on any atom is -0.457 e. The van der Waals surface area contributed by atoms with Gasteiger partial charge in [0.2, 0.25) is 0 Å². The Morgan fingerprint density at radius 3 is 2.25 bits per heavy atom. The monoisotopic (exact) mass is 281 g/mol. The Labute approximate surface area is 122 Å². The van der Waals surface area contributed by atoms with E-state index in [1.807, 2.05) is 35.8 Å². The first-order valence-corrected chi connectivity index (χ1v) is 7.41. The molecule has 1 aromatic heterocycles. The maximum Gasteiger partial charge on any atom is 0.128 e. The summed E-state index contributed by atoms with van der Waals surface area (Å²) in [4.78, 5) is 4.40. The summed E-state index contributed by atoms with van der Waals surface area (Å²) in [5.41, 5.74) is 6.47. The topological polar surface area (TPSA) is 22.1 Å². The standard InChI is InChI=1S/C17H15NOS/c1-12-8-15(19-14-6-4-3-5-7-14)9-13(2)17(12)16-10-20-11-18-16/h3-11H,1-2H3. The van der Waals surface area contributed by atoms with Crippen LogP contribution in [0.5, 0.6) is 11.5 Å². The van der Waals surface area contributed by atoms with Crippen LogP contribution in [0.2, 0.25) is 0 Å². The quantitative estimate of drug-likeness (QED) is 0.656. The maximum atomic E-state index is 5.89. The molecular weight excluding hydrogens is 266 g/mol. The third-order valence-electron chi connectivity index (χ3n) is 3.17. The highest BCUT2D eigenvalue weighted by Crippen LogP contribution is 2.32. The summed E-state index contributed by atoms with van der Waals surface area (Å²) in [6, 6.07) is 14.0. The third kappa shape index (κ3) is 2.58. The highest BCUT2D eigenvalue weighted by molar-refractivity contribution is 7.07. The fourth-order valence-electron chi connectivity index (χ4n) is 2.35. The number of hydrogen-bond acceptors (Lipinski definition) is 3. The van der Waals surface area contributed by atoms with Crippen molar-refractivity contribution in [3.05, 3.63) is 64.5 Å². The van der Waals surface area contributed by atoms with Crippen molar-refractivity contribution in [1.29, 1.82) is 0 Å². The normalized spacial score (nSPS) is 10.5. The molecule has 2 nitrogen and oxygen atoms in total. The molecule has 20 heavy (non-hydrogen) atoms. The fraction of sp³-hybridized carbons (Fsp3) is 0.118. The molecule has 0 spiro atoms. The molecule has 0 saturated carbocycles. The van der Waals surface area contributed by atoms with Crippen LogP contribution in [0, 0.1) is 13.8 Å². The minimum absolute atomic E-state index is 0.854. The summed E-state index contributed by atoms with van der Waals surface area (Å²) in [6.45, 7) is 4.19. The highest BCUT2D eigenvalue weighted by atomic mass is 32.1. The predicted molar refractivity (Wildman–Crippen MR) is 83.5 cm³/mol. The molecule has 3 aromatic rings. The molecule has 3 rings (SSSR count). The van der Waals surface area contributed by atoms with Gasteiger partial charge >= 0.3 is 0 Å². The van der Waals surface area contributed by atoms with Gasteiger partial charge in [0.05, 0.1) is 11.2 Å². The second kappa shape index (κ2) is 5.47. The van der Waals surface area contributed by atoms with Crippen molar-refractivity contribution in [2.75, 3.05) is 0 Å². The van der Waals surface area contributed by atoms with Crippen molar-refractivity contribution < 1.29 is 4.74 Å². The van der Waals surface area contributed by atoms with Gasteiger partial charge in [-0.2, -0.15) is 0 Å². The van der Waals surface area contributed by atoms with Crippen LogP contribution in [0.15, 0.2) is 53.4 Å². The van der Waals surface area contributed by atoms with E-state index in [1.54, 1.807) is 11.3 Å². The number of ether oxygens (including phenoxy) is 1.